The van der Waals surface area contributed by atoms with Crippen LogP contribution in [-0.2, 0) is 16.8 Å². The van der Waals surface area contributed by atoms with Gasteiger partial charge in [-0.3, -0.25) is 0 Å². The fraction of sp³-hybridized carbons (Fsp3) is 0.217. The summed E-state index contributed by atoms with van der Waals surface area (Å²) in [5.74, 6) is -0.842. The number of nitrogens with zero attached hydrogens (tertiary/aromatic N) is 1. The van der Waals surface area contributed by atoms with Crippen molar-refractivity contribution in [1.82, 2.24) is 0 Å². The van der Waals surface area contributed by atoms with E-state index in [0.29, 0.717) is 0 Å². The van der Waals surface area contributed by atoms with Gasteiger partial charge in [0.05, 0.1) is 0 Å². The van der Waals surface area contributed by atoms with Crippen molar-refractivity contribution >= 4 is 5.97 Å². The van der Waals surface area contributed by atoms with E-state index in [1.165, 1.54) is 0 Å². The second-order valence-electron chi connectivity index (χ2n) is 7.48. The first kappa shape index (κ1) is 17.9. The maximum Gasteiger partial charge on any atom is 0.370 e. The maximum absolute atomic E-state index is 11.6. The van der Waals surface area contributed by atoms with Crippen LogP contribution in [0, 0.1) is 0 Å². The molecule has 1 heterocycles. The standard InChI is InChI=1S/C23H23NO2/c1-23(2,3)21-15-19(17-10-6-4-7-11-17)14-20(24(21)16-22(25)26)18-12-8-5-9-13-18/h4-15H,16H2,1-3H3/p+1. The van der Waals surface area contributed by atoms with Gasteiger partial charge >= 0.3 is 5.97 Å². The Balaban J connectivity index is 2.33. The van der Waals surface area contributed by atoms with E-state index < -0.39 is 5.97 Å². The molecule has 132 valence electrons. The van der Waals surface area contributed by atoms with E-state index in [-0.39, 0.29) is 12.0 Å². The SMILES string of the molecule is CC(C)(C)c1cc(-c2ccccc2)cc(-c2ccccc2)[n+]1CC(=O)O. The molecule has 0 unspecified atom stereocenters. The summed E-state index contributed by atoms with van der Waals surface area (Å²) >= 11 is 0. The summed E-state index contributed by atoms with van der Waals surface area (Å²) in [5.41, 5.74) is 4.95. The number of benzene rings is 2. The molecule has 0 amide bonds. The predicted octanol–water partition coefficient (Wildman–Crippen LogP) is 4.69. The van der Waals surface area contributed by atoms with Crippen LogP contribution in [0.15, 0.2) is 72.8 Å². The third-order valence-corrected chi connectivity index (χ3v) is 4.40. The Bertz CT molecular complexity index is 910. The molecule has 0 aliphatic heterocycles. The van der Waals surface area contributed by atoms with Gasteiger partial charge in [0.2, 0.25) is 12.2 Å². The average Bonchev–Trinajstić information content (AvgIpc) is 2.62. The Morgan fingerprint density at radius 3 is 1.88 bits per heavy atom. The predicted molar refractivity (Wildman–Crippen MR) is 104 cm³/mol. The molecular weight excluding hydrogens is 322 g/mol. The molecule has 3 aromatic rings. The van der Waals surface area contributed by atoms with E-state index in [2.05, 4.69) is 45.0 Å². The van der Waals surface area contributed by atoms with E-state index in [0.717, 1.165) is 28.1 Å². The first-order chi connectivity index (χ1) is 12.4. The zero-order valence-corrected chi connectivity index (χ0v) is 15.4. The Morgan fingerprint density at radius 1 is 0.846 bits per heavy atom. The smallest absolute Gasteiger partial charge is 0.370 e. The molecule has 3 rings (SSSR count). The molecule has 0 radical (unpaired) electrons. The van der Waals surface area contributed by atoms with Gasteiger partial charge in [-0.1, -0.05) is 69.3 Å². The number of pyridine rings is 1. The molecule has 0 spiro atoms. The van der Waals surface area contributed by atoms with Crippen molar-refractivity contribution in [3.63, 3.8) is 0 Å². The Hall–Kier alpha value is -2.94. The second kappa shape index (κ2) is 7.12. The molecule has 0 aliphatic carbocycles. The summed E-state index contributed by atoms with van der Waals surface area (Å²) in [6.07, 6.45) is 0. The molecule has 2 aromatic carbocycles. The molecule has 3 nitrogen and oxygen atoms in total. The van der Waals surface area contributed by atoms with Gasteiger partial charge in [0.15, 0.2) is 5.69 Å². The van der Waals surface area contributed by atoms with Crippen LogP contribution in [0.25, 0.3) is 22.4 Å². The molecule has 3 heteroatoms. The van der Waals surface area contributed by atoms with Crippen LogP contribution in [0.2, 0.25) is 0 Å². The van der Waals surface area contributed by atoms with Crippen LogP contribution in [0.1, 0.15) is 26.5 Å². The lowest BCUT2D eigenvalue weighted by Crippen LogP contribution is -2.47. The number of rotatable bonds is 4. The lowest BCUT2D eigenvalue weighted by Gasteiger charge is -2.20. The zero-order chi connectivity index (χ0) is 18.7. The van der Waals surface area contributed by atoms with Crippen molar-refractivity contribution in [1.29, 1.82) is 0 Å². The normalized spacial score (nSPS) is 11.3. The van der Waals surface area contributed by atoms with Crippen molar-refractivity contribution in [2.24, 2.45) is 0 Å². The lowest BCUT2D eigenvalue weighted by molar-refractivity contribution is -0.685. The van der Waals surface area contributed by atoms with Crippen molar-refractivity contribution in [3.05, 3.63) is 78.5 Å². The molecule has 0 atom stereocenters. The van der Waals surface area contributed by atoms with Crippen LogP contribution in [0.3, 0.4) is 0 Å². The Morgan fingerprint density at radius 2 is 1.38 bits per heavy atom. The largest absolute Gasteiger partial charge is 0.477 e. The number of hydrogen-bond acceptors (Lipinski definition) is 1. The van der Waals surface area contributed by atoms with Gasteiger partial charge in [-0.2, -0.15) is 4.57 Å². The third-order valence-electron chi connectivity index (χ3n) is 4.40. The van der Waals surface area contributed by atoms with Crippen LogP contribution < -0.4 is 4.57 Å². The molecule has 0 saturated carbocycles. The van der Waals surface area contributed by atoms with Crippen molar-refractivity contribution in [2.75, 3.05) is 0 Å². The summed E-state index contributed by atoms with van der Waals surface area (Å²) < 4.78 is 1.92. The first-order valence-corrected chi connectivity index (χ1v) is 8.77. The van der Waals surface area contributed by atoms with Crippen molar-refractivity contribution < 1.29 is 14.5 Å². The van der Waals surface area contributed by atoms with Gasteiger partial charge in [0.1, 0.15) is 0 Å². The minimum absolute atomic E-state index is 0.0636. The highest BCUT2D eigenvalue weighted by Gasteiger charge is 2.31. The van der Waals surface area contributed by atoms with E-state index in [9.17, 15) is 9.90 Å². The lowest BCUT2D eigenvalue weighted by atomic mass is 9.88. The molecule has 1 N–H and O–H groups in total. The number of carbonyl (C=O) groups is 1. The third kappa shape index (κ3) is 3.83. The van der Waals surface area contributed by atoms with Crippen molar-refractivity contribution in [3.8, 4) is 22.4 Å². The molecule has 26 heavy (non-hydrogen) atoms. The van der Waals surface area contributed by atoms with Gasteiger partial charge in [-0.25, -0.2) is 4.79 Å². The van der Waals surface area contributed by atoms with Gasteiger partial charge < -0.3 is 5.11 Å². The molecule has 0 fully saturated rings. The van der Waals surface area contributed by atoms with Gasteiger partial charge in [0.25, 0.3) is 0 Å². The molecule has 0 bridgehead atoms. The minimum atomic E-state index is -0.842. The number of carboxylic acid groups (broad SMARTS) is 1. The van der Waals surface area contributed by atoms with E-state index >= 15 is 0 Å². The fourth-order valence-corrected chi connectivity index (χ4v) is 3.19. The summed E-state index contributed by atoms with van der Waals surface area (Å²) in [5, 5.41) is 9.49. The number of carboxylic acids is 1. The van der Waals surface area contributed by atoms with Crippen molar-refractivity contribution in [2.45, 2.75) is 32.7 Å². The quantitative estimate of drug-likeness (QED) is 0.696. The summed E-state index contributed by atoms with van der Waals surface area (Å²) in [6.45, 7) is 6.28. The summed E-state index contributed by atoms with van der Waals surface area (Å²) in [4.78, 5) is 11.6. The minimum Gasteiger partial charge on any atom is -0.477 e. The maximum atomic E-state index is 11.6. The van der Waals surface area contributed by atoms with Crippen LogP contribution in [0.5, 0.6) is 0 Å². The van der Waals surface area contributed by atoms with E-state index in [4.69, 9.17) is 0 Å². The summed E-state index contributed by atoms with van der Waals surface area (Å²) in [6, 6.07) is 24.4. The van der Waals surface area contributed by atoms with Gasteiger partial charge in [-0.05, 0) is 23.3 Å². The molecule has 0 saturated heterocycles. The molecular formula is C23H24NO2+. The highest BCUT2D eigenvalue weighted by atomic mass is 16.4. The fourth-order valence-electron chi connectivity index (χ4n) is 3.19. The first-order valence-electron chi connectivity index (χ1n) is 8.77. The Kier molecular flexibility index (Phi) is 4.90. The molecule has 0 aliphatic rings. The topological polar surface area (TPSA) is 41.2 Å². The van der Waals surface area contributed by atoms with Gasteiger partial charge in [0, 0.05) is 23.1 Å². The zero-order valence-electron chi connectivity index (χ0n) is 15.4. The highest BCUT2D eigenvalue weighted by molar-refractivity contribution is 5.70. The van der Waals surface area contributed by atoms with Crippen LogP contribution >= 0.6 is 0 Å². The Labute approximate surface area is 154 Å². The highest BCUT2D eigenvalue weighted by Crippen LogP contribution is 2.29. The van der Waals surface area contributed by atoms with Crippen LogP contribution in [-0.4, -0.2) is 11.1 Å². The van der Waals surface area contributed by atoms with E-state index in [1.54, 1.807) is 0 Å². The monoisotopic (exact) mass is 346 g/mol. The average molecular weight is 346 g/mol. The van der Waals surface area contributed by atoms with Gasteiger partial charge in [-0.15, -0.1) is 0 Å². The van der Waals surface area contributed by atoms with Crippen LogP contribution in [0.4, 0.5) is 0 Å². The number of aromatic nitrogens is 1. The summed E-state index contributed by atoms with van der Waals surface area (Å²) in [7, 11) is 0. The number of hydrogen-bond donors (Lipinski definition) is 1. The second-order valence-corrected chi connectivity index (χ2v) is 7.48. The van der Waals surface area contributed by atoms with E-state index in [1.807, 2.05) is 53.1 Å². The number of aliphatic carboxylic acids is 1. The molecule has 1 aromatic heterocycles.